The summed E-state index contributed by atoms with van der Waals surface area (Å²) in [5.74, 6) is 1.25. The van der Waals surface area contributed by atoms with Gasteiger partial charge in [0.2, 0.25) is 0 Å². The highest BCUT2D eigenvalue weighted by Gasteiger charge is 2.25. The molecule has 2 unspecified atom stereocenters. The fourth-order valence-electron chi connectivity index (χ4n) is 2.86. The van der Waals surface area contributed by atoms with E-state index >= 15 is 0 Å². The lowest BCUT2D eigenvalue weighted by Crippen LogP contribution is -2.12. The number of hydrogen-bond donors (Lipinski definition) is 1. The van der Waals surface area contributed by atoms with Crippen molar-refractivity contribution in [3.63, 3.8) is 0 Å². The van der Waals surface area contributed by atoms with Crippen LogP contribution < -0.4 is 0 Å². The molecule has 1 aliphatic carbocycles. The van der Waals surface area contributed by atoms with Gasteiger partial charge in [-0.25, -0.2) is 4.39 Å². The first-order chi connectivity index (χ1) is 9.63. The SMILES string of the molecule is CC1CCCC(c2noc(-c3ccc(F)cc3O)n2)C1. The molecule has 0 aliphatic heterocycles. The van der Waals surface area contributed by atoms with Crippen LogP contribution in [0.5, 0.6) is 5.75 Å². The molecule has 1 aromatic carbocycles. The van der Waals surface area contributed by atoms with E-state index in [2.05, 4.69) is 17.1 Å². The average molecular weight is 276 g/mol. The first-order valence-corrected chi connectivity index (χ1v) is 6.96. The van der Waals surface area contributed by atoms with E-state index in [1.807, 2.05) is 0 Å². The van der Waals surface area contributed by atoms with Crippen molar-refractivity contribution in [2.75, 3.05) is 0 Å². The largest absolute Gasteiger partial charge is 0.507 e. The zero-order valence-corrected chi connectivity index (χ0v) is 11.3. The summed E-state index contributed by atoms with van der Waals surface area (Å²) in [7, 11) is 0. The maximum absolute atomic E-state index is 13.0. The van der Waals surface area contributed by atoms with Gasteiger partial charge >= 0.3 is 0 Å². The second-order valence-electron chi connectivity index (χ2n) is 5.59. The third-order valence-electron chi connectivity index (χ3n) is 3.93. The molecule has 0 saturated heterocycles. The van der Waals surface area contributed by atoms with E-state index in [1.54, 1.807) is 0 Å². The molecule has 2 aromatic rings. The number of benzene rings is 1. The van der Waals surface area contributed by atoms with Gasteiger partial charge in [0.25, 0.3) is 5.89 Å². The topological polar surface area (TPSA) is 59.2 Å². The lowest BCUT2D eigenvalue weighted by atomic mass is 9.82. The number of nitrogens with zero attached hydrogens (tertiary/aromatic N) is 2. The van der Waals surface area contributed by atoms with Crippen LogP contribution in [0, 0.1) is 11.7 Å². The molecule has 0 bridgehead atoms. The minimum absolute atomic E-state index is 0.183. The maximum Gasteiger partial charge on any atom is 0.261 e. The van der Waals surface area contributed by atoms with Gasteiger partial charge in [-0.2, -0.15) is 4.98 Å². The Morgan fingerprint density at radius 1 is 1.35 bits per heavy atom. The fraction of sp³-hybridized carbons (Fsp3) is 0.467. The van der Waals surface area contributed by atoms with Crippen LogP contribution in [-0.2, 0) is 0 Å². The molecule has 0 radical (unpaired) electrons. The molecule has 1 N–H and O–H groups in total. The summed E-state index contributed by atoms with van der Waals surface area (Å²) in [6, 6.07) is 3.76. The predicted molar refractivity (Wildman–Crippen MR) is 71.7 cm³/mol. The molecule has 1 aliphatic rings. The Bertz CT molecular complexity index is 612. The first kappa shape index (κ1) is 13.1. The second-order valence-corrected chi connectivity index (χ2v) is 5.59. The highest BCUT2D eigenvalue weighted by atomic mass is 19.1. The molecule has 20 heavy (non-hydrogen) atoms. The van der Waals surface area contributed by atoms with Crippen molar-refractivity contribution in [2.45, 2.75) is 38.5 Å². The van der Waals surface area contributed by atoms with Crippen molar-refractivity contribution in [1.82, 2.24) is 10.1 Å². The normalized spacial score (nSPS) is 22.9. The average Bonchev–Trinajstić information content (AvgIpc) is 2.88. The van der Waals surface area contributed by atoms with Crippen molar-refractivity contribution in [3.05, 3.63) is 29.8 Å². The minimum Gasteiger partial charge on any atom is -0.507 e. The third-order valence-corrected chi connectivity index (χ3v) is 3.93. The standard InChI is InChI=1S/C15H17FN2O2/c1-9-3-2-4-10(7-9)14-17-15(20-18-14)12-6-5-11(16)8-13(12)19/h5-6,8-10,19H,2-4,7H2,1H3. The molecule has 2 atom stereocenters. The summed E-state index contributed by atoms with van der Waals surface area (Å²) in [6.07, 6.45) is 4.56. The molecule has 0 amide bonds. The van der Waals surface area contributed by atoms with E-state index in [9.17, 15) is 9.50 Å². The van der Waals surface area contributed by atoms with Crippen molar-refractivity contribution in [1.29, 1.82) is 0 Å². The van der Waals surface area contributed by atoms with E-state index in [4.69, 9.17) is 4.52 Å². The van der Waals surface area contributed by atoms with Crippen molar-refractivity contribution in [2.24, 2.45) is 5.92 Å². The van der Waals surface area contributed by atoms with Crippen LogP contribution in [0.1, 0.15) is 44.3 Å². The number of aromatic nitrogens is 2. The van der Waals surface area contributed by atoms with E-state index in [0.29, 0.717) is 23.2 Å². The highest BCUT2D eigenvalue weighted by Crippen LogP contribution is 2.36. The lowest BCUT2D eigenvalue weighted by Gasteiger charge is -2.23. The Balaban J connectivity index is 1.86. The molecule has 3 rings (SSSR count). The zero-order chi connectivity index (χ0) is 14.1. The van der Waals surface area contributed by atoms with Gasteiger partial charge in [0.15, 0.2) is 5.82 Å². The number of halogens is 1. The minimum atomic E-state index is -0.493. The predicted octanol–water partition coefficient (Wildman–Crippen LogP) is 3.88. The van der Waals surface area contributed by atoms with Crippen LogP contribution in [0.3, 0.4) is 0 Å². The number of hydrogen-bond acceptors (Lipinski definition) is 4. The number of rotatable bonds is 2. The van der Waals surface area contributed by atoms with Gasteiger partial charge in [-0.1, -0.05) is 24.9 Å². The lowest BCUT2D eigenvalue weighted by molar-refractivity contribution is 0.324. The first-order valence-electron chi connectivity index (χ1n) is 6.96. The third kappa shape index (κ3) is 2.53. The molecule has 1 fully saturated rings. The van der Waals surface area contributed by atoms with E-state index in [0.717, 1.165) is 18.9 Å². The van der Waals surface area contributed by atoms with Crippen LogP contribution in [0.25, 0.3) is 11.5 Å². The van der Waals surface area contributed by atoms with Gasteiger partial charge in [-0.15, -0.1) is 0 Å². The van der Waals surface area contributed by atoms with Crippen molar-refractivity contribution in [3.8, 4) is 17.2 Å². The fourth-order valence-corrected chi connectivity index (χ4v) is 2.86. The van der Waals surface area contributed by atoms with Gasteiger partial charge in [0.1, 0.15) is 11.6 Å². The molecule has 4 nitrogen and oxygen atoms in total. The van der Waals surface area contributed by atoms with Crippen molar-refractivity contribution < 1.29 is 14.0 Å². The Hall–Kier alpha value is -1.91. The molecule has 5 heteroatoms. The van der Waals surface area contributed by atoms with Gasteiger partial charge in [-0.05, 0) is 30.9 Å². The van der Waals surface area contributed by atoms with Crippen LogP contribution >= 0.6 is 0 Å². The molecule has 1 aromatic heterocycles. The van der Waals surface area contributed by atoms with Gasteiger partial charge in [-0.3, -0.25) is 0 Å². The number of phenols is 1. The Kier molecular flexibility index (Phi) is 3.42. The van der Waals surface area contributed by atoms with Crippen LogP contribution in [0.15, 0.2) is 22.7 Å². The molecule has 1 heterocycles. The molecule has 106 valence electrons. The van der Waals surface area contributed by atoms with Gasteiger partial charge in [0.05, 0.1) is 5.56 Å². The summed E-state index contributed by atoms with van der Waals surface area (Å²) >= 11 is 0. The summed E-state index contributed by atoms with van der Waals surface area (Å²) in [6.45, 7) is 2.24. The second kappa shape index (κ2) is 5.23. The van der Waals surface area contributed by atoms with Crippen LogP contribution in [0.2, 0.25) is 0 Å². The number of aromatic hydroxyl groups is 1. The van der Waals surface area contributed by atoms with E-state index in [1.165, 1.54) is 25.0 Å². The summed E-state index contributed by atoms with van der Waals surface area (Å²) in [5, 5.41) is 13.8. The van der Waals surface area contributed by atoms with Crippen LogP contribution in [-0.4, -0.2) is 15.2 Å². The Morgan fingerprint density at radius 2 is 2.20 bits per heavy atom. The zero-order valence-electron chi connectivity index (χ0n) is 11.3. The highest BCUT2D eigenvalue weighted by molar-refractivity contribution is 5.61. The summed E-state index contributed by atoms with van der Waals surface area (Å²) in [5.41, 5.74) is 0.369. The smallest absolute Gasteiger partial charge is 0.261 e. The molecule has 0 spiro atoms. The quantitative estimate of drug-likeness (QED) is 0.904. The molecular formula is C15H17FN2O2. The maximum atomic E-state index is 13.0. The summed E-state index contributed by atoms with van der Waals surface area (Å²) < 4.78 is 18.2. The van der Waals surface area contributed by atoms with Crippen LogP contribution in [0.4, 0.5) is 4.39 Å². The Labute approximate surface area is 116 Å². The van der Waals surface area contributed by atoms with Gasteiger partial charge < -0.3 is 9.63 Å². The molecular weight excluding hydrogens is 259 g/mol. The number of phenolic OH excluding ortho intramolecular Hbond substituents is 1. The van der Waals surface area contributed by atoms with E-state index < -0.39 is 5.82 Å². The molecule has 1 saturated carbocycles. The van der Waals surface area contributed by atoms with Crippen molar-refractivity contribution >= 4 is 0 Å². The Morgan fingerprint density at radius 3 is 2.95 bits per heavy atom. The summed E-state index contributed by atoms with van der Waals surface area (Å²) in [4.78, 5) is 4.37. The van der Waals surface area contributed by atoms with Gasteiger partial charge in [0, 0.05) is 12.0 Å². The van der Waals surface area contributed by atoms with E-state index in [-0.39, 0.29) is 11.6 Å². The monoisotopic (exact) mass is 276 g/mol.